The van der Waals surface area contributed by atoms with E-state index in [0.717, 1.165) is 6.33 Å². The van der Waals surface area contributed by atoms with Crippen LogP contribution in [0.25, 0.3) is 0 Å². The zero-order chi connectivity index (χ0) is 12.3. The number of hydrogen-bond donors (Lipinski definition) is 2. The van der Waals surface area contributed by atoms with E-state index in [0.29, 0.717) is 0 Å². The highest BCUT2D eigenvalue weighted by Crippen LogP contribution is 2.32. The zero-order valence-electron chi connectivity index (χ0n) is 9.22. The summed E-state index contributed by atoms with van der Waals surface area (Å²) in [5, 5.41) is 10.8. The molecule has 0 aliphatic carbocycles. The Balaban J connectivity index is 3.22. The Morgan fingerprint density at radius 1 is 1.50 bits per heavy atom. The topological polar surface area (TPSA) is 116 Å². The molecule has 16 heavy (non-hydrogen) atoms. The van der Waals surface area contributed by atoms with Crippen molar-refractivity contribution in [1.82, 2.24) is 9.97 Å². The molecule has 0 aliphatic rings. The maximum atomic E-state index is 10.8. The minimum atomic E-state index is -0.643. The predicted molar refractivity (Wildman–Crippen MR) is 56.9 cm³/mol. The molecule has 0 bridgehead atoms. The quantitative estimate of drug-likeness (QED) is 0.446. The Bertz CT molecular complexity index is 401. The van der Waals surface area contributed by atoms with Crippen LogP contribution in [-0.2, 0) is 0 Å². The van der Waals surface area contributed by atoms with Gasteiger partial charge in [-0.3, -0.25) is 10.1 Å². The zero-order valence-corrected chi connectivity index (χ0v) is 9.22. The van der Waals surface area contributed by atoms with Crippen molar-refractivity contribution < 1.29 is 9.66 Å². The largest absolute Gasteiger partial charge is 0.467 e. The van der Waals surface area contributed by atoms with Gasteiger partial charge in [0.15, 0.2) is 0 Å². The summed E-state index contributed by atoms with van der Waals surface area (Å²) in [5.74, 6) is 4.93. The molecular weight excluding hydrogens is 214 g/mol. The molecule has 0 fully saturated rings. The number of hydrazine groups is 1. The number of nitrogens with two attached hydrogens (primary N) is 1. The molecule has 0 radical (unpaired) electrons. The standard InChI is InChI=1S/C8H13N5O3/c1-8(2,3)16-7-5(13(14)15)6(12-9)10-4-11-7/h4H,9H2,1-3H3,(H,10,11,12). The van der Waals surface area contributed by atoms with Crippen molar-refractivity contribution >= 4 is 11.5 Å². The number of nitrogens with one attached hydrogen (secondary N) is 1. The lowest BCUT2D eigenvalue weighted by Gasteiger charge is -2.20. The molecule has 0 unspecified atom stereocenters. The third kappa shape index (κ3) is 2.76. The number of rotatable bonds is 3. The fourth-order valence-electron chi connectivity index (χ4n) is 0.998. The fourth-order valence-corrected chi connectivity index (χ4v) is 0.998. The van der Waals surface area contributed by atoms with E-state index >= 15 is 0 Å². The molecule has 1 rings (SSSR count). The first-order chi connectivity index (χ1) is 7.35. The lowest BCUT2D eigenvalue weighted by molar-refractivity contribution is -0.385. The summed E-state index contributed by atoms with van der Waals surface area (Å²) < 4.78 is 5.35. The number of nitro groups is 1. The van der Waals surface area contributed by atoms with Crippen LogP contribution in [-0.4, -0.2) is 20.5 Å². The summed E-state index contributed by atoms with van der Waals surface area (Å²) in [6.07, 6.45) is 1.14. The maximum Gasteiger partial charge on any atom is 0.374 e. The Kier molecular flexibility index (Phi) is 3.23. The first kappa shape index (κ1) is 12.1. The van der Waals surface area contributed by atoms with Crippen molar-refractivity contribution in [3.63, 3.8) is 0 Å². The summed E-state index contributed by atoms with van der Waals surface area (Å²) in [6, 6.07) is 0. The molecule has 0 aliphatic heterocycles. The number of nitrogen functional groups attached to an aromatic ring is 1. The van der Waals surface area contributed by atoms with Crippen molar-refractivity contribution in [2.75, 3.05) is 5.43 Å². The summed E-state index contributed by atoms with van der Waals surface area (Å²) >= 11 is 0. The number of ether oxygens (including phenoxy) is 1. The monoisotopic (exact) mass is 227 g/mol. The summed E-state index contributed by atoms with van der Waals surface area (Å²) in [4.78, 5) is 17.6. The SMILES string of the molecule is CC(C)(C)Oc1ncnc(NN)c1[N+](=O)[O-]. The summed E-state index contributed by atoms with van der Waals surface area (Å²) in [6.45, 7) is 5.27. The average molecular weight is 227 g/mol. The second-order valence-corrected chi connectivity index (χ2v) is 3.99. The average Bonchev–Trinajstić information content (AvgIpc) is 2.14. The highest BCUT2D eigenvalue weighted by molar-refractivity contribution is 5.60. The second kappa shape index (κ2) is 4.27. The van der Waals surface area contributed by atoms with Crippen molar-refractivity contribution in [2.24, 2.45) is 5.84 Å². The Hall–Kier alpha value is -1.96. The van der Waals surface area contributed by atoms with Crippen LogP contribution in [0.2, 0.25) is 0 Å². The van der Waals surface area contributed by atoms with Crippen LogP contribution in [0.3, 0.4) is 0 Å². The molecule has 0 spiro atoms. The maximum absolute atomic E-state index is 10.8. The van der Waals surface area contributed by atoms with Gasteiger partial charge in [-0.2, -0.15) is 4.98 Å². The summed E-state index contributed by atoms with van der Waals surface area (Å²) in [7, 11) is 0. The van der Waals surface area contributed by atoms with Crippen LogP contribution in [0, 0.1) is 10.1 Å². The second-order valence-electron chi connectivity index (χ2n) is 3.99. The van der Waals surface area contributed by atoms with Crippen LogP contribution in [0.15, 0.2) is 6.33 Å². The van der Waals surface area contributed by atoms with Gasteiger partial charge in [0.25, 0.3) is 5.88 Å². The molecule has 0 aromatic carbocycles. The van der Waals surface area contributed by atoms with Crippen LogP contribution in [0.1, 0.15) is 20.8 Å². The van der Waals surface area contributed by atoms with Crippen molar-refractivity contribution in [1.29, 1.82) is 0 Å². The molecule has 0 amide bonds. The van der Waals surface area contributed by atoms with E-state index in [9.17, 15) is 10.1 Å². The predicted octanol–water partition coefficient (Wildman–Crippen LogP) is 0.848. The molecule has 88 valence electrons. The highest BCUT2D eigenvalue weighted by Gasteiger charge is 2.27. The third-order valence-electron chi connectivity index (χ3n) is 1.51. The molecule has 1 aromatic rings. The molecule has 0 saturated heterocycles. The van der Waals surface area contributed by atoms with E-state index in [-0.39, 0.29) is 17.4 Å². The van der Waals surface area contributed by atoms with Crippen LogP contribution < -0.4 is 16.0 Å². The van der Waals surface area contributed by atoms with Gasteiger partial charge >= 0.3 is 5.69 Å². The third-order valence-corrected chi connectivity index (χ3v) is 1.51. The molecule has 8 heteroatoms. The van der Waals surface area contributed by atoms with Crippen LogP contribution in [0.4, 0.5) is 11.5 Å². The molecule has 0 saturated carbocycles. The molecule has 3 N–H and O–H groups in total. The number of anilines is 1. The summed E-state index contributed by atoms with van der Waals surface area (Å²) in [5.41, 5.74) is 1.16. The Morgan fingerprint density at radius 2 is 2.12 bits per heavy atom. The lowest BCUT2D eigenvalue weighted by Crippen LogP contribution is -2.24. The van der Waals surface area contributed by atoms with E-state index in [1.165, 1.54) is 0 Å². The smallest absolute Gasteiger partial charge is 0.374 e. The minimum Gasteiger partial charge on any atom is -0.467 e. The van der Waals surface area contributed by atoms with Crippen molar-refractivity contribution in [2.45, 2.75) is 26.4 Å². The van der Waals surface area contributed by atoms with Gasteiger partial charge in [0, 0.05) is 0 Å². The molecule has 1 heterocycles. The Morgan fingerprint density at radius 3 is 2.56 bits per heavy atom. The highest BCUT2D eigenvalue weighted by atomic mass is 16.6. The number of aromatic nitrogens is 2. The van der Waals surface area contributed by atoms with E-state index in [1.54, 1.807) is 20.8 Å². The fraction of sp³-hybridized carbons (Fsp3) is 0.500. The van der Waals surface area contributed by atoms with Gasteiger partial charge in [0.1, 0.15) is 11.9 Å². The van der Waals surface area contributed by atoms with E-state index in [2.05, 4.69) is 15.4 Å². The molecule has 1 aromatic heterocycles. The normalized spacial score (nSPS) is 11.0. The Labute approximate surface area is 92.0 Å². The number of hydrogen-bond acceptors (Lipinski definition) is 7. The van der Waals surface area contributed by atoms with Gasteiger partial charge in [-0.25, -0.2) is 10.8 Å². The van der Waals surface area contributed by atoms with E-state index in [4.69, 9.17) is 10.6 Å². The van der Waals surface area contributed by atoms with Gasteiger partial charge < -0.3 is 10.2 Å². The van der Waals surface area contributed by atoms with Crippen LogP contribution >= 0.6 is 0 Å². The molecule has 0 atom stereocenters. The van der Waals surface area contributed by atoms with E-state index in [1.807, 2.05) is 0 Å². The van der Waals surface area contributed by atoms with Gasteiger partial charge in [-0.1, -0.05) is 0 Å². The van der Waals surface area contributed by atoms with Gasteiger partial charge in [0.2, 0.25) is 5.82 Å². The van der Waals surface area contributed by atoms with Gasteiger partial charge in [0.05, 0.1) is 4.92 Å². The van der Waals surface area contributed by atoms with Gasteiger partial charge in [-0.05, 0) is 20.8 Å². The number of nitrogens with zero attached hydrogens (tertiary/aromatic N) is 3. The van der Waals surface area contributed by atoms with Crippen molar-refractivity contribution in [3.05, 3.63) is 16.4 Å². The molecular formula is C8H13N5O3. The first-order valence-electron chi connectivity index (χ1n) is 4.50. The van der Waals surface area contributed by atoms with E-state index < -0.39 is 10.5 Å². The van der Waals surface area contributed by atoms with Gasteiger partial charge in [-0.15, -0.1) is 0 Å². The first-order valence-corrected chi connectivity index (χ1v) is 4.50. The van der Waals surface area contributed by atoms with Crippen molar-refractivity contribution in [3.8, 4) is 5.88 Å². The lowest BCUT2D eigenvalue weighted by atomic mass is 10.2. The minimum absolute atomic E-state index is 0.0840. The molecule has 8 nitrogen and oxygen atoms in total. The van der Waals surface area contributed by atoms with Crippen LogP contribution in [0.5, 0.6) is 5.88 Å².